The molecule has 1 heterocycles. The van der Waals surface area contributed by atoms with Crippen LogP contribution >= 0.6 is 0 Å². The Labute approximate surface area is 92.7 Å². The lowest BCUT2D eigenvalue weighted by molar-refractivity contribution is 0.285. The van der Waals surface area contributed by atoms with E-state index < -0.39 is 0 Å². The minimum atomic E-state index is -0.00639. The molecule has 0 fully saturated rings. The second kappa shape index (κ2) is 4.76. The predicted octanol–water partition coefficient (Wildman–Crippen LogP) is 1.28. The van der Waals surface area contributed by atoms with E-state index in [1.807, 2.05) is 24.3 Å². The van der Waals surface area contributed by atoms with Gasteiger partial charge in [0.2, 0.25) is 5.89 Å². The van der Waals surface area contributed by atoms with Crippen LogP contribution in [-0.2, 0) is 6.42 Å². The van der Waals surface area contributed by atoms with Crippen molar-refractivity contribution in [1.29, 1.82) is 0 Å². The highest BCUT2D eigenvalue weighted by Crippen LogP contribution is 2.28. The topological polar surface area (TPSA) is 68.4 Å². The molecule has 0 saturated carbocycles. The summed E-state index contributed by atoms with van der Waals surface area (Å²) < 4.78 is 10.6. The van der Waals surface area contributed by atoms with Crippen molar-refractivity contribution in [3.8, 4) is 17.2 Å². The Morgan fingerprint density at radius 3 is 2.88 bits per heavy atom. The fourth-order valence-electron chi connectivity index (χ4n) is 1.38. The molecule has 5 nitrogen and oxygen atoms in total. The van der Waals surface area contributed by atoms with Crippen molar-refractivity contribution in [1.82, 2.24) is 10.2 Å². The molecule has 0 aliphatic carbocycles. The zero-order valence-corrected chi connectivity index (χ0v) is 8.88. The van der Waals surface area contributed by atoms with Gasteiger partial charge in [0.25, 0.3) is 5.89 Å². The lowest BCUT2D eigenvalue weighted by Crippen LogP contribution is -1.89. The molecule has 0 amide bonds. The Hall–Kier alpha value is -1.88. The summed E-state index contributed by atoms with van der Waals surface area (Å²) in [6.45, 7) is -0.00639. The first kappa shape index (κ1) is 10.6. The molecule has 0 aliphatic heterocycles. The van der Waals surface area contributed by atoms with E-state index in [4.69, 9.17) is 14.3 Å². The second-order valence-corrected chi connectivity index (χ2v) is 3.17. The van der Waals surface area contributed by atoms with Crippen LogP contribution in [0.4, 0.5) is 0 Å². The smallest absolute Gasteiger partial charge is 0.251 e. The third-order valence-corrected chi connectivity index (χ3v) is 2.13. The fourth-order valence-corrected chi connectivity index (χ4v) is 1.38. The van der Waals surface area contributed by atoms with Gasteiger partial charge < -0.3 is 14.3 Å². The molecule has 1 aromatic heterocycles. The number of benzene rings is 1. The highest BCUT2D eigenvalue weighted by atomic mass is 16.5. The molecular weight excluding hydrogens is 208 g/mol. The zero-order valence-electron chi connectivity index (χ0n) is 8.88. The molecule has 2 rings (SSSR count). The molecule has 0 radical (unpaired) electrons. The average molecular weight is 220 g/mol. The molecule has 0 saturated heterocycles. The molecule has 1 aromatic carbocycles. The highest BCUT2D eigenvalue weighted by molar-refractivity contribution is 5.62. The van der Waals surface area contributed by atoms with Gasteiger partial charge in [-0.15, -0.1) is 10.2 Å². The summed E-state index contributed by atoms with van der Waals surface area (Å²) in [4.78, 5) is 0. The quantitative estimate of drug-likeness (QED) is 0.840. The maximum absolute atomic E-state index is 8.75. The number of methoxy groups -OCH3 is 1. The van der Waals surface area contributed by atoms with Crippen molar-refractivity contribution in [2.24, 2.45) is 0 Å². The predicted molar refractivity (Wildman–Crippen MR) is 57.1 cm³/mol. The lowest BCUT2D eigenvalue weighted by atomic mass is 10.2. The van der Waals surface area contributed by atoms with Crippen molar-refractivity contribution in [2.75, 3.05) is 13.7 Å². The Morgan fingerprint density at radius 2 is 2.12 bits per heavy atom. The van der Waals surface area contributed by atoms with Crippen molar-refractivity contribution in [2.45, 2.75) is 6.42 Å². The van der Waals surface area contributed by atoms with Crippen molar-refractivity contribution >= 4 is 0 Å². The number of nitrogens with zero attached hydrogens (tertiary/aromatic N) is 2. The van der Waals surface area contributed by atoms with E-state index in [1.165, 1.54) is 0 Å². The van der Waals surface area contributed by atoms with E-state index in [-0.39, 0.29) is 6.61 Å². The SMILES string of the molecule is COc1ccccc1-c1nnc(CCO)o1. The van der Waals surface area contributed by atoms with Crippen LogP contribution in [0.1, 0.15) is 5.89 Å². The molecule has 5 heteroatoms. The fraction of sp³-hybridized carbons (Fsp3) is 0.273. The molecule has 2 aromatic rings. The molecule has 0 atom stereocenters. The van der Waals surface area contributed by atoms with Gasteiger partial charge in [0.15, 0.2) is 0 Å². The molecule has 84 valence electrons. The van der Waals surface area contributed by atoms with Crippen LogP contribution in [-0.4, -0.2) is 29.0 Å². The summed E-state index contributed by atoms with van der Waals surface area (Å²) in [6, 6.07) is 7.40. The highest BCUT2D eigenvalue weighted by Gasteiger charge is 2.12. The molecule has 0 aliphatic rings. The standard InChI is InChI=1S/C11H12N2O3/c1-15-9-5-3-2-4-8(9)11-13-12-10(16-11)6-7-14/h2-5,14H,6-7H2,1H3. The minimum Gasteiger partial charge on any atom is -0.496 e. The third kappa shape index (κ3) is 2.04. The monoisotopic (exact) mass is 220 g/mol. The van der Waals surface area contributed by atoms with E-state index in [0.29, 0.717) is 24.0 Å². The number of hydrogen-bond donors (Lipinski definition) is 1. The van der Waals surface area contributed by atoms with E-state index in [9.17, 15) is 0 Å². The lowest BCUT2D eigenvalue weighted by Gasteiger charge is -2.03. The summed E-state index contributed by atoms with van der Waals surface area (Å²) in [7, 11) is 1.59. The van der Waals surface area contributed by atoms with Crippen LogP contribution in [0.5, 0.6) is 5.75 Å². The summed E-state index contributed by atoms with van der Waals surface area (Å²) in [5.41, 5.74) is 0.752. The van der Waals surface area contributed by atoms with Gasteiger partial charge in [-0.3, -0.25) is 0 Å². The van der Waals surface area contributed by atoms with Gasteiger partial charge in [-0.05, 0) is 12.1 Å². The van der Waals surface area contributed by atoms with Gasteiger partial charge in [0, 0.05) is 6.42 Å². The van der Waals surface area contributed by atoms with Gasteiger partial charge in [-0.2, -0.15) is 0 Å². The van der Waals surface area contributed by atoms with Gasteiger partial charge >= 0.3 is 0 Å². The molecular formula is C11H12N2O3. The van der Waals surface area contributed by atoms with E-state index >= 15 is 0 Å². The number of rotatable bonds is 4. The zero-order chi connectivity index (χ0) is 11.4. The Kier molecular flexibility index (Phi) is 3.16. The number of aliphatic hydroxyl groups excluding tert-OH is 1. The number of aromatic nitrogens is 2. The van der Waals surface area contributed by atoms with Gasteiger partial charge in [0.05, 0.1) is 19.3 Å². The largest absolute Gasteiger partial charge is 0.496 e. The molecule has 0 unspecified atom stereocenters. The number of hydrogen-bond acceptors (Lipinski definition) is 5. The maximum Gasteiger partial charge on any atom is 0.251 e. The average Bonchev–Trinajstić information content (AvgIpc) is 2.78. The number of ether oxygens (including phenoxy) is 1. The second-order valence-electron chi connectivity index (χ2n) is 3.17. The van der Waals surface area contributed by atoms with Crippen molar-refractivity contribution in [3.05, 3.63) is 30.2 Å². The van der Waals surface area contributed by atoms with Crippen LogP contribution in [0.3, 0.4) is 0 Å². The molecule has 0 bridgehead atoms. The first-order chi connectivity index (χ1) is 7.85. The first-order valence-electron chi connectivity index (χ1n) is 4.91. The van der Waals surface area contributed by atoms with Crippen LogP contribution in [0.15, 0.2) is 28.7 Å². The Bertz CT molecular complexity index is 468. The van der Waals surface area contributed by atoms with Gasteiger partial charge in [0.1, 0.15) is 5.75 Å². The first-order valence-corrected chi connectivity index (χ1v) is 4.91. The summed E-state index contributed by atoms with van der Waals surface area (Å²) in [5.74, 6) is 1.51. The van der Waals surface area contributed by atoms with E-state index in [1.54, 1.807) is 7.11 Å². The van der Waals surface area contributed by atoms with Gasteiger partial charge in [-0.25, -0.2) is 0 Å². The Balaban J connectivity index is 2.34. The van der Waals surface area contributed by atoms with E-state index in [0.717, 1.165) is 5.56 Å². The van der Waals surface area contributed by atoms with Crippen LogP contribution in [0.2, 0.25) is 0 Å². The van der Waals surface area contributed by atoms with Crippen molar-refractivity contribution in [3.63, 3.8) is 0 Å². The molecule has 0 spiro atoms. The molecule has 16 heavy (non-hydrogen) atoms. The summed E-state index contributed by atoms with van der Waals surface area (Å²) in [5, 5.41) is 16.5. The maximum atomic E-state index is 8.75. The third-order valence-electron chi connectivity index (χ3n) is 2.13. The van der Waals surface area contributed by atoms with Gasteiger partial charge in [-0.1, -0.05) is 12.1 Å². The van der Waals surface area contributed by atoms with Crippen LogP contribution in [0, 0.1) is 0 Å². The van der Waals surface area contributed by atoms with Crippen LogP contribution in [0.25, 0.3) is 11.5 Å². The summed E-state index contributed by atoms with van der Waals surface area (Å²) in [6.07, 6.45) is 0.363. The Morgan fingerprint density at radius 1 is 1.31 bits per heavy atom. The normalized spacial score (nSPS) is 10.4. The number of para-hydroxylation sites is 1. The van der Waals surface area contributed by atoms with Crippen LogP contribution < -0.4 is 4.74 Å². The summed E-state index contributed by atoms with van der Waals surface area (Å²) >= 11 is 0. The minimum absolute atomic E-state index is 0.00639. The number of aliphatic hydroxyl groups is 1. The van der Waals surface area contributed by atoms with E-state index in [2.05, 4.69) is 10.2 Å². The molecule has 1 N–H and O–H groups in total. The van der Waals surface area contributed by atoms with Crippen molar-refractivity contribution < 1.29 is 14.3 Å².